The first-order chi connectivity index (χ1) is 8.93. The molecule has 5 nitrogen and oxygen atoms in total. The molecule has 106 valence electrons. The van der Waals surface area contributed by atoms with E-state index in [2.05, 4.69) is 0 Å². The summed E-state index contributed by atoms with van der Waals surface area (Å²) in [6.07, 6.45) is 0.785. The molecule has 2 atom stereocenters. The number of ether oxygens (including phenoxy) is 2. The Kier molecular flexibility index (Phi) is 4.01. The number of benzene rings is 1. The SMILES string of the molecule is CC(N)C(C)S(=O)(=O)c1ccc2c(c1)OCCCO2. The Morgan fingerprint density at radius 1 is 1.16 bits per heavy atom. The van der Waals surface area contributed by atoms with Crippen molar-refractivity contribution in [2.75, 3.05) is 13.2 Å². The van der Waals surface area contributed by atoms with Crippen molar-refractivity contribution < 1.29 is 17.9 Å². The van der Waals surface area contributed by atoms with Crippen LogP contribution in [0, 0.1) is 0 Å². The Hall–Kier alpha value is -1.27. The van der Waals surface area contributed by atoms with Crippen LogP contribution in [0.4, 0.5) is 0 Å². The molecule has 2 N–H and O–H groups in total. The maximum absolute atomic E-state index is 12.4. The lowest BCUT2D eigenvalue weighted by Crippen LogP contribution is -2.35. The van der Waals surface area contributed by atoms with Crippen molar-refractivity contribution in [1.82, 2.24) is 0 Å². The minimum atomic E-state index is -3.44. The third-order valence-electron chi connectivity index (χ3n) is 3.28. The highest BCUT2D eigenvalue weighted by molar-refractivity contribution is 7.92. The van der Waals surface area contributed by atoms with Crippen LogP contribution in [-0.4, -0.2) is 32.9 Å². The largest absolute Gasteiger partial charge is 0.490 e. The van der Waals surface area contributed by atoms with E-state index in [9.17, 15) is 8.42 Å². The van der Waals surface area contributed by atoms with E-state index in [1.807, 2.05) is 0 Å². The van der Waals surface area contributed by atoms with E-state index in [0.717, 1.165) is 6.42 Å². The molecule has 1 aliphatic heterocycles. The predicted octanol–water partition coefficient (Wildman–Crippen LogP) is 1.36. The van der Waals surface area contributed by atoms with Gasteiger partial charge in [-0.05, 0) is 26.0 Å². The lowest BCUT2D eigenvalue weighted by atomic mass is 10.3. The Morgan fingerprint density at radius 2 is 1.79 bits per heavy atom. The number of sulfone groups is 1. The summed E-state index contributed by atoms with van der Waals surface area (Å²) >= 11 is 0. The van der Waals surface area contributed by atoms with Crippen LogP contribution in [0.25, 0.3) is 0 Å². The highest BCUT2D eigenvalue weighted by Crippen LogP contribution is 2.33. The molecule has 0 spiro atoms. The van der Waals surface area contributed by atoms with Gasteiger partial charge in [-0.2, -0.15) is 0 Å². The van der Waals surface area contributed by atoms with Gasteiger partial charge in [-0.25, -0.2) is 8.42 Å². The number of fused-ring (bicyclic) bond motifs is 1. The van der Waals surface area contributed by atoms with Crippen molar-refractivity contribution in [3.05, 3.63) is 18.2 Å². The molecule has 1 aromatic carbocycles. The van der Waals surface area contributed by atoms with Gasteiger partial charge in [0.2, 0.25) is 0 Å². The van der Waals surface area contributed by atoms with E-state index in [0.29, 0.717) is 24.7 Å². The van der Waals surface area contributed by atoms with Gasteiger partial charge < -0.3 is 15.2 Å². The fourth-order valence-corrected chi connectivity index (χ4v) is 3.34. The van der Waals surface area contributed by atoms with Crippen LogP contribution in [0.2, 0.25) is 0 Å². The standard InChI is InChI=1S/C13H19NO4S/c1-9(14)10(2)19(15,16)11-4-5-12-13(8-11)18-7-3-6-17-12/h4-5,8-10H,3,6-7,14H2,1-2H3. The number of rotatable bonds is 3. The molecule has 2 rings (SSSR count). The number of hydrogen-bond acceptors (Lipinski definition) is 5. The van der Waals surface area contributed by atoms with Gasteiger partial charge in [0.15, 0.2) is 21.3 Å². The molecule has 0 amide bonds. The van der Waals surface area contributed by atoms with E-state index < -0.39 is 21.1 Å². The average molecular weight is 285 g/mol. The minimum Gasteiger partial charge on any atom is -0.490 e. The van der Waals surface area contributed by atoms with Crippen molar-refractivity contribution in [3.63, 3.8) is 0 Å². The molecule has 1 aromatic rings. The van der Waals surface area contributed by atoms with Gasteiger partial charge in [0.05, 0.1) is 23.4 Å². The lowest BCUT2D eigenvalue weighted by Gasteiger charge is -2.17. The second kappa shape index (κ2) is 5.38. The molecule has 0 radical (unpaired) electrons. The third kappa shape index (κ3) is 2.84. The molecular formula is C13H19NO4S. The second-order valence-corrected chi connectivity index (χ2v) is 7.07. The minimum absolute atomic E-state index is 0.224. The fourth-order valence-electron chi connectivity index (χ4n) is 1.82. The zero-order chi connectivity index (χ0) is 14.0. The monoisotopic (exact) mass is 285 g/mol. The zero-order valence-corrected chi connectivity index (χ0v) is 11.9. The highest BCUT2D eigenvalue weighted by Gasteiger charge is 2.27. The molecule has 0 saturated carbocycles. The molecule has 19 heavy (non-hydrogen) atoms. The van der Waals surface area contributed by atoms with Gasteiger partial charge in [-0.1, -0.05) is 0 Å². The van der Waals surface area contributed by atoms with Crippen molar-refractivity contribution in [3.8, 4) is 11.5 Å². The van der Waals surface area contributed by atoms with Crippen LogP contribution in [0.3, 0.4) is 0 Å². The Labute approximate surface area is 113 Å². The average Bonchev–Trinajstić information content (AvgIpc) is 2.61. The molecule has 1 aliphatic rings. The number of hydrogen-bond donors (Lipinski definition) is 1. The normalized spacial score (nSPS) is 18.5. The van der Waals surface area contributed by atoms with Gasteiger partial charge in [-0.15, -0.1) is 0 Å². The van der Waals surface area contributed by atoms with E-state index in [-0.39, 0.29) is 4.90 Å². The van der Waals surface area contributed by atoms with Crippen molar-refractivity contribution in [2.24, 2.45) is 5.73 Å². The molecule has 0 bridgehead atoms. The van der Waals surface area contributed by atoms with E-state index in [1.165, 1.54) is 6.07 Å². The molecule has 0 fully saturated rings. The van der Waals surface area contributed by atoms with Gasteiger partial charge in [-0.3, -0.25) is 0 Å². The molecule has 1 heterocycles. The first-order valence-electron chi connectivity index (χ1n) is 6.32. The summed E-state index contributed by atoms with van der Waals surface area (Å²) in [6, 6.07) is 4.28. The quantitative estimate of drug-likeness (QED) is 0.907. The van der Waals surface area contributed by atoms with Crippen molar-refractivity contribution in [2.45, 2.75) is 36.5 Å². The Bertz CT molecular complexity index is 554. The Morgan fingerprint density at radius 3 is 2.42 bits per heavy atom. The molecule has 6 heteroatoms. The van der Waals surface area contributed by atoms with Crippen molar-refractivity contribution >= 4 is 9.84 Å². The Balaban J connectivity index is 2.39. The van der Waals surface area contributed by atoms with E-state index >= 15 is 0 Å². The van der Waals surface area contributed by atoms with Crippen molar-refractivity contribution in [1.29, 1.82) is 0 Å². The fraction of sp³-hybridized carbons (Fsp3) is 0.538. The summed E-state index contributed by atoms with van der Waals surface area (Å²) in [7, 11) is -3.44. The molecule has 2 unspecified atom stereocenters. The van der Waals surface area contributed by atoms with Gasteiger partial charge in [0.1, 0.15) is 0 Å². The van der Waals surface area contributed by atoms with Gasteiger partial charge in [0, 0.05) is 18.5 Å². The summed E-state index contributed by atoms with van der Waals surface area (Å²) in [6.45, 7) is 4.41. The third-order valence-corrected chi connectivity index (χ3v) is 5.60. The molecule has 0 saturated heterocycles. The predicted molar refractivity (Wildman–Crippen MR) is 72.3 cm³/mol. The van der Waals surface area contributed by atoms with Crippen LogP contribution < -0.4 is 15.2 Å². The van der Waals surface area contributed by atoms with E-state index in [1.54, 1.807) is 26.0 Å². The summed E-state index contributed by atoms with van der Waals surface area (Å²) in [5.74, 6) is 1.07. The summed E-state index contributed by atoms with van der Waals surface area (Å²) < 4.78 is 35.7. The smallest absolute Gasteiger partial charge is 0.182 e. The second-order valence-electron chi connectivity index (χ2n) is 4.77. The van der Waals surface area contributed by atoms with Gasteiger partial charge >= 0.3 is 0 Å². The maximum Gasteiger partial charge on any atom is 0.182 e. The summed E-state index contributed by atoms with van der Waals surface area (Å²) in [5, 5.41) is -0.641. The summed E-state index contributed by atoms with van der Waals surface area (Å²) in [4.78, 5) is 0.224. The van der Waals surface area contributed by atoms with Crippen LogP contribution in [-0.2, 0) is 9.84 Å². The summed E-state index contributed by atoms with van der Waals surface area (Å²) in [5.41, 5.74) is 5.69. The highest BCUT2D eigenvalue weighted by atomic mass is 32.2. The van der Waals surface area contributed by atoms with Crippen LogP contribution in [0.1, 0.15) is 20.3 Å². The number of nitrogens with two attached hydrogens (primary N) is 1. The molecular weight excluding hydrogens is 266 g/mol. The molecule has 0 aliphatic carbocycles. The van der Waals surface area contributed by atoms with E-state index in [4.69, 9.17) is 15.2 Å². The molecule has 0 aromatic heterocycles. The first kappa shape index (κ1) is 14.1. The van der Waals surface area contributed by atoms with Crippen LogP contribution >= 0.6 is 0 Å². The first-order valence-corrected chi connectivity index (χ1v) is 7.86. The lowest BCUT2D eigenvalue weighted by molar-refractivity contribution is 0.297. The van der Waals surface area contributed by atoms with Gasteiger partial charge in [0.25, 0.3) is 0 Å². The van der Waals surface area contributed by atoms with Crippen LogP contribution in [0.5, 0.6) is 11.5 Å². The topological polar surface area (TPSA) is 78.6 Å². The maximum atomic E-state index is 12.4. The zero-order valence-electron chi connectivity index (χ0n) is 11.1. The van der Waals surface area contributed by atoms with Crippen LogP contribution in [0.15, 0.2) is 23.1 Å².